The van der Waals surface area contributed by atoms with Crippen molar-refractivity contribution in [3.63, 3.8) is 0 Å². The van der Waals surface area contributed by atoms with E-state index in [2.05, 4.69) is 31.9 Å². The number of amides is 1. The number of benzene rings is 1. The van der Waals surface area contributed by atoms with Gasteiger partial charge in [0, 0.05) is 26.2 Å². The van der Waals surface area contributed by atoms with Gasteiger partial charge in [-0.15, -0.1) is 10.2 Å². The molecule has 8 nitrogen and oxygen atoms in total. The molecule has 0 spiro atoms. The molecule has 2 aromatic rings. The number of carbonyl (C=O) groups is 1. The predicted molar refractivity (Wildman–Crippen MR) is 114 cm³/mol. The van der Waals surface area contributed by atoms with Gasteiger partial charge in [0.05, 0.1) is 25.6 Å². The van der Waals surface area contributed by atoms with Gasteiger partial charge in [-0.2, -0.15) is 0 Å². The second-order valence-electron chi connectivity index (χ2n) is 6.78. The van der Waals surface area contributed by atoms with E-state index in [9.17, 15) is 4.79 Å². The highest BCUT2D eigenvalue weighted by molar-refractivity contribution is 8.00. The predicted octanol–water partition coefficient (Wildman–Crippen LogP) is 1.98. The zero-order valence-corrected chi connectivity index (χ0v) is 18.1. The Morgan fingerprint density at radius 2 is 2.00 bits per heavy atom. The maximum atomic E-state index is 12.5. The van der Waals surface area contributed by atoms with Gasteiger partial charge in [0.2, 0.25) is 11.9 Å². The van der Waals surface area contributed by atoms with Crippen LogP contribution in [0.3, 0.4) is 0 Å². The van der Waals surface area contributed by atoms with E-state index in [4.69, 9.17) is 9.47 Å². The fraction of sp³-hybridized carbons (Fsp3) is 0.550. The van der Waals surface area contributed by atoms with Gasteiger partial charge in [-0.1, -0.05) is 23.9 Å². The van der Waals surface area contributed by atoms with Crippen molar-refractivity contribution >= 4 is 23.6 Å². The van der Waals surface area contributed by atoms with Crippen molar-refractivity contribution in [2.45, 2.75) is 37.2 Å². The molecule has 1 aliphatic heterocycles. The standard InChI is InChI=1S/C20H29N5O3S/c1-4-25-19(24-11-13-28-14-12-24)22-23-20(25)29-15(2)18(26)21-10-9-16-5-7-17(27-3)8-6-16/h5-8,15H,4,9-14H2,1-3H3,(H,21,26)/t15-/m0/s1. The number of thioether (sulfide) groups is 1. The molecule has 1 aromatic carbocycles. The number of nitrogens with zero attached hydrogens (tertiary/aromatic N) is 4. The topological polar surface area (TPSA) is 81.5 Å². The van der Waals surface area contributed by atoms with Crippen LogP contribution >= 0.6 is 11.8 Å². The minimum Gasteiger partial charge on any atom is -0.497 e. The maximum absolute atomic E-state index is 12.5. The Bertz CT molecular complexity index is 790. The van der Waals surface area contributed by atoms with Crippen LogP contribution in [0, 0.1) is 0 Å². The zero-order chi connectivity index (χ0) is 20.6. The number of methoxy groups -OCH3 is 1. The van der Waals surface area contributed by atoms with Crippen molar-refractivity contribution < 1.29 is 14.3 Å². The van der Waals surface area contributed by atoms with E-state index in [1.807, 2.05) is 31.2 Å². The summed E-state index contributed by atoms with van der Waals surface area (Å²) in [6, 6.07) is 7.89. The summed E-state index contributed by atoms with van der Waals surface area (Å²) in [6.45, 7) is 8.34. The molecule has 0 radical (unpaired) electrons. The van der Waals surface area contributed by atoms with E-state index in [0.29, 0.717) is 19.8 Å². The van der Waals surface area contributed by atoms with Crippen molar-refractivity contribution in [1.29, 1.82) is 0 Å². The highest BCUT2D eigenvalue weighted by atomic mass is 32.2. The molecular formula is C20H29N5O3S. The largest absolute Gasteiger partial charge is 0.497 e. The molecule has 1 amide bonds. The molecular weight excluding hydrogens is 390 g/mol. The molecule has 0 saturated carbocycles. The van der Waals surface area contributed by atoms with Crippen molar-refractivity contribution in [2.24, 2.45) is 0 Å². The first-order chi connectivity index (χ1) is 14.1. The van der Waals surface area contributed by atoms with Gasteiger partial charge in [-0.05, 0) is 38.0 Å². The number of carbonyl (C=O) groups excluding carboxylic acids is 1. The molecule has 3 rings (SSSR count). The Hall–Kier alpha value is -2.26. The molecule has 2 heterocycles. The lowest BCUT2D eigenvalue weighted by Crippen LogP contribution is -2.38. The Labute approximate surface area is 176 Å². The lowest BCUT2D eigenvalue weighted by atomic mass is 10.1. The number of hydrogen-bond donors (Lipinski definition) is 1. The Morgan fingerprint density at radius 1 is 1.28 bits per heavy atom. The van der Waals surface area contributed by atoms with Crippen LogP contribution < -0.4 is 15.0 Å². The van der Waals surface area contributed by atoms with E-state index in [1.165, 1.54) is 11.8 Å². The summed E-state index contributed by atoms with van der Waals surface area (Å²) >= 11 is 1.44. The minimum absolute atomic E-state index is 0.00193. The third-order valence-electron chi connectivity index (χ3n) is 4.83. The number of morpholine rings is 1. The third kappa shape index (κ3) is 5.63. The van der Waals surface area contributed by atoms with Crippen LogP contribution in [-0.2, 0) is 22.5 Å². The Balaban J connectivity index is 1.51. The number of anilines is 1. The normalized spacial score (nSPS) is 15.2. The Kier molecular flexibility index (Phi) is 7.76. The Morgan fingerprint density at radius 3 is 2.66 bits per heavy atom. The summed E-state index contributed by atoms with van der Waals surface area (Å²) in [7, 11) is 1.65. The molecule has 0 unspecified atom stereocenters. The van der Waals surface area contributed by atoms with Gasteiger partial charge < -0.3 is 19.7 Å². The molecule has 1 saturated heterocycles. The van der Waals surface area contributed by atoms with Gasteiger partial charge in [0.25, 0.3) is 0 Å². The first-order valence-corrected chi connectivity index (χ1v) is 10.8. The fourth-order valence-corrected chi connectivity index (χ4v) is 4.05. The summed E-state index contributed by atoms with van der Waals surface area (Å²) < 4.78 is 12.6. The fourth-order valence-electron chi connectivity index (χ4n) is 3.12. The van der Waals surface area contributed by atoms with Crippen molar-refractivity contribution in [1.82, 2.24) is 20.1 Å². The third-order valence-corrected chi connectivity index (χ3v) is 5.91. The average molecular weight is 420 g/mol. The second kappa shape index (κ2) is 10.5. The van der Waals surface area contributed by atoms with Crippen LogP contribution in [-0.4, -0.2) is 65.9 Å². The number of hydrogen-bond acceptors (Lipinski definition) is 7. The molecule has 1 atom stereocenters. The van der Waals surface area contributed by atoms with Crippen LogP contribution in [0.25, 0.3) is 0 Å². The summed E-state index contributed by atoms with van der Waals surface area (Å²) in [6.07, 6.45) is 0.777. The molecule has 1 aromatic heterocycles. The SMILES string of the molecule is CCn1c(S[C@@H](C)C(=O)NCCc2ccc(OC)cc2)nnc1N1CCOCC1. The van der Waals surface area contributed by atoms with Crippen LogP contribution in [0.15, 0.2) is 29.4 Å². The summed E-state index contributed by atoms with van der Waals surface area (Å²) in [4.78, 5) is 14.7. The average Bonchev–Trinajstić information content (AvgIpc) is 3.17. The molecule has 158 valence electrons. The van der Waals surface area contributed by atoms with Crippen LogP contribution in [0.1, 0.15) is 19.4 Å². The van der Waals surface area contributed by atoms with Crippen LogP contribution in [0.4, 0.5) is 5.95 Å². The van der Waals surface area contributed by atoms with E-state index < -0.39 is 0 Å². The number of aromatic nitrogens is 3. The molecule has 0 bridgehead atoms. The van der Waals surface area contributed by atoms with Crippen molar-refractivity contribution in [2.75, 3.05) is 44.9 Å². The lowest BCUT2D eigenvalue weighted by Gasteiger charge is -2.27. The van der Waals surface area contributed by atoms with Gasteiger partial charge >= 0.3 is 0 Å². The number of nitrogens with one attached hydrogen (secondary N) is 1. The van der Waals surface area contributed by atoms with Gasteiger partial charge in [-0.3, -0.25) is 9.36 Å². The van der Waals surface area contributed by atoms with E-state index in [-0.39, 0.29) is 11.2 Å². The molecule has 9 heteroatoms. The maximum Gasteiger partial charge on any atom is 0.233 e. The smallest absolute Gasteiger partial charge is 0.233 e. The quantitative estimate of drug-likeness (QED) is 0.623. The van der Waals surface area contributed by atoms with Crippen molar-refractivity contribution in [3.05, 3.63) is 29.8 Å². The first kappa shape index (κ1) is 21.4. The van der Waals surface area contributed by atoms with Gasteiger partial charge in [-0.25, -0.2) is 0 Å². The van der Waals surface area contributed by atoms with E-state index in [1.54, 1.807) is 7.11 Å². The minimum atomic E-state index is -0.252. The summed E-state index contributed by atoms with van der Waals surface area (Å²) in [5.74, 6) is 1.69. The van der Waals surface area contributed by atoms with Crippen molar-refractivity contribution in [3.8, 4) is 5.75 Å². The summed E-state index contributed by atoms with van der Waals surface area (Å²) in [5.41, 5.74) is 1.16. The molecule has 1 N–H and O–H groups in total. The molecule has 0 aliphatic carbocycles. The molecule has 1 fully saturated rings. The molecule has 1 aliphatic rings. The van der Waals surface area contributed by atoms with Gasteiger partial charge in [0.1, 0.15) is 5.75 Å². The van der Waals surface area contributed by atoms with E-state index in [0.717, 1.165) is 48.5 Å². The monoisotopic (exact) mass is 419 g/mol. The second-order valence-corrected chi connectivity index (χ2v) is 8.08. The lowest BCUT2D eigenvalue weighted by molar-refractivity contribution is -0.120. The van der Waals surface area contributed by atoms with Crippen LogP contribution in [0.2, 0.25) is 0 Å². The molecule has 29 heavy (non-hydrogen) atoms. The zero-order valence-electron chi connectivity index (χ0n) is 17.3. The first-order valence-electron chi connectivity index (χ1n) is 9.95. The highest BCUT2D eigenvalue weighted by Gasteiger charge is 2.23. The van der Waals surface area contributed by atoms with E-state index >= 15 is 0 Å². The van der Waals surface area contributed by atoms with Gasteiger partial charge in [0.15, 0.2) is 5.16 Å². The summed E-state index contributed by atoms with van der Waals surface area (Å²) in [5, 5.41) is 12.2. The number of ether oxygens (including phenoxy) is 2. The highest BCUT2D eigenvalue weighted by Crippen LogP contribution is 2.26. The number of rotatable bonds is 9. The van der Waals surface area contributed by atoms with Crippen LogP contribution in [0.5, 0.6) is 5.75 Å².